The molecule has 1 amide bonds. The zero-order valence-corrected chi connectivity index (χ0v) is 11.8. The van der Waals surface area contributed by atoms with Crippen LogP contribution in [0.3, 0.4) is 0 Å². The molecule has 110 valence electrons. The van der Waals surface area contributed by atoms with Crippen molar-refractivity contribution in [2.24, 2.45) is 5.92 Å². The van der Waals surface area contributed by atoms with Crippen LogP contribution in [0, 0.1) is 12.8 Å². The number of rotatable bonds is 5. The van der Waals surface area contributed by atoms with E-state index in [9.17, 15) is 9.59 Å². The first-order chi connectivity index (χ1) is 10.0. The van der Waals surface area contributed by atoms with Crippen molar-refractivity contribution in [3.63, 3.8) is 0 Å². The van der Waals surface area contributed by atoms with Gasteiger partial charge in [0, 0.05) is 10.9 Å². The molecule has 1 unspecified atom stereocenters. The number of aryl methyl sites for hydroxylation is 1. The lowest BCUT2D eigenvalue weighted by molar-refractivity contribution is -0.142. The number of hydrogen-bond donors (Lipinski definition) is 2. The molecule has 0 aliphatic heterocycles. The van der Waals surface area contributed by atoms with E-state index in [-0.39, 0.29) is 18.2 Å². The van der Waals surface area contributed by atoms with Crippen LogP contribution in [0.15, 0.2) is 28.9 Å². The number of amides is 1. The smallest absolute Gasteiger partial charge is 0.326 e. The molecule has 1 heterocycles. The number of aliphatic carboxylic acids is 1. The van der Waals surface area contributed by atoms with Crippen molar-refractivity contribution >= 4 is 22.8 Å². The van der Waals surface area contributed by atoms with Crippen LogP contribution < -0.4 is 5.32 Å². The Balaban J connectivity index is 1.72. The quantitative estimate of drug-likeness (QED) is 0.884. The maximum Gasteiger partial charge on any atom is 0.326 e. The molecule has 1 aromatic carbocycles. The van der Waals surface area contributed by atoms with E-state index in [2.05, 4.69) is 5.32 Å². The molecule has 0 spiro atoms. The summed E-state index contributed by atoms with van der Waals surface area (Å²) >= 11 is 0. The Labute approximate surface area is 121 Å². The molecule has 3 rings (SSSR count). The van der Waals surface area contributed by atoms with Gasteiger partial charge in [-0.1, -0.05) is 12.1 Å². The number of fused-ring (bicyclic) bond motifs is 1. The van der Waals surface area contributed by atoms with Crippen LogP contribution in [-0.2, 0) is 16.0 Å². The van der Waals surface area contributed by atoms with Gasteiger partial charge in [0.15, 0.2) is 0 Å². The van der Waals surface area contributed by atoms with Crippen molar-refractivity contribution in [2.75, 3.05) is 0 Å². The van der Waals surface area contributed by atoms with Gasteiger partial charge in [0.05, 0.1) is 12.7 Å². The molecule has 5 nitrogen and oxygen atoms in total. The monoisotopic (exact) mass is 287 g/mol. The van der Waals surface area contributed by atoms with Crippen LogP contribution in [0.25, 0.3) is 11.0 Å². The Morgan fingerprint density at radius 3 is 2.86 bits per heavy atom. The lowest BCUT2D eigenvalue weighted by Gasteiger charge is -2.13. The van der Waals surface area contributed by atoms with Crippen LogP contribution >= 0.6 is 0 Å². The molecule has 21 heavy (non-hydrogen) atoms. The molecular formula is C16H17NO4. The summed E-state index contributed by atoms with van der Waals surface area (Å²) in [4.78, 5) is 23.2. The minimum atomic E-state index is -0.960. The minimum Gasteiger partial charge on any atom is -0.480 e. The highest BCUT2D eigenvalue weighted by Gasteiger charge is 2.37. The molecule has 2 aromatic rings. The number of nitrogens with one attached hydrogen (secondary N) is 1. The van der Waals surface area contributed by atoms with Crippen molar-refractivity contribution < 1.29 is 19.1 Å². The predicted molar refractivity (Wildman–Crippen MR) is 76.9 cm³/mol. The summed E-state index contributed by atoms with van der Waals surface area (Å²) < 4.78 is 5.45. The third-order valence-corrected chi connectivity index (χ3v) is 3.84. The lowest BCUT2D eigenvalue weighted by Crippen LogP contribution is -2.43. The van der Waals surface area contributed by atoms with Crippen LogP contribution in [0.1, 0.15) is 24.0 Å². The van der Waals surface area contributed by atoms with Crippen molar-refractivity contribution in [2.45, 2.75) is 32.2 Å². The highest BCUT2D eigenvalue weighted by Crippen LogP contribution is 2.32. The number of benzene rings is 1. The largest absolute Gasteiger partial charge is 0.480 e. The molecule has 0 bridgehead atoms. The van der Waals surface area contributed by atoms with Gasteiger partial charge >= 0.3 is 5.97 Å². The minimum absolute atomic E-state index is 0.0789. The van der Waals surface area contributed by atoms with Gasteiger partial charge in [0.1, 0.15) is 11.6 Å². The Bertz CT molecular complexity index is 699. The van der Waals surface area contributed by atoms with Crippen LogP contribution in [-0.4, -0.2) is 23.0 Å². The summed E-state index contributed by atoms with van der Waals surface area (Å²) in [5, 5.41) is 12.6. The van der Waals surface area contributed by atoms with Gasteiger partial charge in [-0.05, 0) is 37.3 Å². The van der Waals surface area contributed by atoms with Crippen molar-refractivity contribution in [3.8, 4) is 0 Å². The van der Waals surface area contributed by atoms with Gasteiger partial charge in [-0.25, -0.2) is 4.79 Å². The van der Waals surface area contributed by atoms with Crippen molar-refractivity contribution in [1.29, 1.82) is 0 Å². The molecule has 0 saturated heterocycles. The molecule has 1 atom stereocenters. The number of hydrogen-bond acceptors (Lipinski definition) is 3. The zero-order valence-electron chi connectivity index (χ0n) is 11.8. The summed E-state index contributed by atoms with van der Waals surface area (Å²) in [5.41, 5.74) is 2.62. The zero-order chi connectivity index (χ0) is 15.0. The van der Waals surface area contributed by atoms with Gasteiger partial charge < -0.3 is 14.8 Å². The summed E-state index contributed by atoms with van der Waals surface area (Å²) in [6.45, 7) is 1.97. The van der Waals surface area contributed by atoms with E-state index in [4.69, 9.17) is 9.52 Å². The van der Waals surface area contributed by atoms with E-state index < -0.39 is 12.0 Å². The number of carbonyl (C=O) groups excluding carboxylic acids is 1. The average Bonchev–Trinajstić information content (AvgIpc) is 3.19. The van der Waals surface area contributed by atoms with E-state index in [0.717, 1.165) is 34.9 Å². The standard InChI is InChI=1S/C16H17NO4/c1-9-2-5-12-11(8-21-13(12)6-9)7-14(18)17-15(16(19)20)10-3-4-10/h2,5-6,8,10,15H,3-4,7H2,1H3,(H,17,18)(H,19,20). The number of carboxylic acid groups (broad SMARTS) is 1. The van der Waals surface area contributed by atoms with Gasteiger partial charge in [0.2, 0.25) is 5.91 Å². The first-order valence-corrected chi connectivity index (χ1v) is 7.03. The van der Waals surface area contributed by atoms with Crippen LogP contribution in [0.4, 0.5) is 0 Å². The third kappa shape index (κ3) is 2.91. The fraction of sp³-hybridized carbons (Fsp3) is 0.375. The SMILES string of the molecule is Cc1ccc2c(CC(=O)NC(C(=O)O)C3CC3)coc2c1. The summed E-state index contributed by atoms with van der Waals surface area (Å²) in [5.74, 6) is -1.16. The molecule has 1 aliphatic carbocycles. The van der Waals surface area contributed by atoms with Gasteiger partial charge in [-0.3, -0.25) is 4.79 Å². The molecule has 1 aromatic heterocycles. The van der Waals surface area contributed by atoms with E-state index in [1.54, 1.807) is 6.26 Å². The normalized spacial score (nSPS) is 15.9. The average molecular weight is 287 g/mol. The van der Waals surface area contributed by atoms with E-state index in [0.29, 0.717) is 0 Å². The van der Waals surface area contributed by atoms with Gasteiger partial charge in [-0.15, -0.1) is 0 Å². The van der Waals surface area contributed by atoms with Crippen LogP contribution in [0.5, 0.6) is 0 Å². The molecular weight excluding hydrogens is 270 g/mol. The topological polar surface area (TPSA) is 79.5 Å². The Morgan fingerprint density at radius 1 is 1.43 bits per heavy atom. The third-order valence-electron chi connectivity index (χ3n) is 3.84. The van der Waals surface area contributed by atoms with E-state index in [1.807, 2.05) is 25.1 Å². The lowest BCUT2D eigenvalue weighted by atomic mass is 10.1. The molecule has 0 radical (unpaired) electrons. The van der Waals surface area contributed by atoms with Crippen molar-refractivity contribution in [1.82, 2.24) is 5.32 Å². The summed E-state index contributed by atoms with van der Waals surface area (Å²) in [6.07, 6.45) is 3.43. The van der Waals surface area contributed by atoms with Crippen molar-refractivity contribution in [3.05, 3.63) is 35.6 Å². The number of carboxylic acids is 1. The summed E-state index contributed by atoms with van der Waals surface area (Å²) in [7, 11) is 0. The Hall–Kier alpha value is -2.30. The molecule has 5 heteroatoms. The molecule has 1 aliphatic rings. The second-order valence-electron chi connectivity index (χ2n) is 5.66. The second-order valence-corrected chi connectivity index (χ2v) is 5.66. The van der Waals surface area contributed by atoms with Crippen LogP contribution in [0.2, 0.25) is 0 Å². The van der Waals surface area contributed by atoms with E-state index in [1.165, 1.54) is 0 Å². The first-order valence-electron chi connectivity index (χ1n) is 7.03. The Kier molecular flexibility index (Phi) is 3.41. The number of furan rings is 1. The maximum absolute atomic E-state index is 12.1. The fourth-order valence-electron chi connectivity index (χ4n) is 2.54. The Morgan fingerprint density at radius 2 is 2.19 bits per heavy atom. The summed E-state index contributed by atoms with van der Waals surface area (Å²) in [6, 6.07) is 5.04. The molecule has 2 N–H and O–H groups in total. The van der Waals surface area contributed by atoms with Gasteiger partial charge in [0.25, 0.3) is 0 Å². The molecule has 1 saturated carbocycles. The van der Waals surface area contributed by atoms with Gasteiger partial charge in [-0.2, -0.15) is 0 Å². The van der Waals surface area contributed by atoms with E-state index >= 15 is 0 Å². The maximum atomic E-state index is 12.1. The number of carbonyl (C=O) groups is 2. The first kappa shape index (κ1) is 13.7. The fourth-order valence-corrected chi connectivity index (χ4v) is 2.54. The predicted octanol–water partition coefficient (Wildman–Crippen LogP) is 2.26. The molecule has 1 fully saturated rings. The second kappa shape index (κ2) is 5.24. The highest BCUT2D eigenvalue weighted by molar-refractivity contribution is 5.90. The highest BCUT2D eigenvalue weighted by atomic mass is 16.4.